The number of piperidine rings is 1. The van der Waals surface area contributed by atoms with Crippen molar-refractivity contribution < 1.29 is 0 Å². The SMILES string of the molecule is CNC1CCN(C)C(C)(C)C1. The molecule has 0 saturated carbocycles. The molecule has 2 nitrogen and oxygen atoms in total. The molecule has 0 bridgehead atoms. The fourth-order valence-electron chi connectivity index (χ4n) is 1.76. The number of nitrogens with one attached hydrogen (secondary N) is 1. The van der Waals surface area contributed by atoms with Gasteiger partial charge in [-0.25, -0.2) is 0 Å². The van der Waals surface area contributed by atoms with E-state index in [1.54, 1.807) is 0 Å². The van der Waals surface area contributed by atoms with Gasteiger partial charge in [-0.05, 0) is 47.3 Å². The third-order valence-electron chi connectivity index (χ3n) is 3.00. The van der Waals surface area contributed by atoms with Crippen LogP contribution >= 0.6 is 0 Å². The Morgan fingerprint density at radius 2 is 2.09 bits per heavy atom. The molecule has 11 heavy (non-hydrogen) atoms. The lowest BCUT2D eigenvalue weighted by Crippen LogP contribution is -2.52. The summed E-state index contributed by atoms with van der Waals surface area (Å²) in [4.78, 5) is 2.45. The highest BCUT2D eigenvalue weighted by Gasteiger charge is 2.31. The molecule has 66 valence electrons. The largest absolute Gasteiger partial charge is 0.317 e. The zero-order valence-electron chi connectivity index (χ0n) is 8.15. The predicted octanol–water partition coefficient (Wildman–Crippen LogP) is 1.08. The van der Waals surface area contributed by atoms with Gasteiger partial charge >= 0.3 is 0 Å². The first-order chi connectivity index (χ1) is 5.06. The molecule has 0 spiro atoms. The summed E-state index contributed by atoms with van der Waals surface area (Å²) in [6.07, 6.45) is 2.55. The highest BCUT2D eigenvalue weighted by atomic mass is 15.2. The van der Waals surface area contributed by atoms with Crippen molar-refractivity contribution in [3.05, 3.63) is 0 Å². The minimum atomic E-state index is 0.381. The van der Waals surface area contributed by atoms with Crippen molar-refractivity contribution in [2.24, 2.45) is 0 Å². The van der Waals surface area contributed by atoms with Crippen LogP contribution in [0.15, 0.2) is 0 Å². The summed E-state index contributed by atoms with van der Waals surface area (Å²) in [5.74, 6) is 0. The molecule has 0 radical (unpaired) electrons. The molecule has 1 atom stereocenters. The summed E-state index contributed by atoms with van der Waals surface area (Å²) in [5, 5.41) is 3.35. The van der Waals surface area contributed by atoms with Crippen LogP contribution in [0.25, 0.3) is 0 Å². The van der Waals surface area contributed by atoms with E-state index in [1.807, 2.05) is 0 Å². The monoisotopic (exact) mass is 156 g/mol. The number of likely N-dealkylation sites (tertiary alicyclic amines) is 1. The van der Waals surface area contributed by atoms with Gasteiger partial charge in [0, 0.05) is 11.6 Å². The maximum absolute atomic E-state index is 3.35. The molecule has 0 aliphatic carbocycles. The van der Waals surface area contributed by atoms with Crippen molar-refractivity contribution in [2.75, 3.05) is 20.6 Å². The van der Waals surface area contributed by atoms with Crippen molar-refractivity contribution >= 4 is 0 Å². The third-order valence-corrected chi connectivity index (χ3v) is 3.00. The molecule has 1 saturated heterocycles. The van der Waals surface area contributed by atoms with Gasteiger partial charge in [-0.3, -0.25) is 0 Å². The topological polar surface area (TPSA) is 15.3 Å². The number of hydrogen-bond donors (Lipinski definition) is 1. The predicted molar refractivity (Wildman–Crippen MR) is 48.8 cm³/mol. The fourth-order valence-corrected chi connectivity index (χ4v) is 1.76. The Morgan fingerprint density at radius 3 is 2.55 bits per heavy atom. The summed E-state index contributed by atoms with van der Waals surface area (Å²) in [6, 6.07) is 0.723. The van der Waals surface area contributed by atoms with Crippen molar-refractivity contribution in [2.45, 2.75) is 38.3 Å². The van der Waals surface area contributed by atoms with E-state index in [4.69, 9.17) is 0 Å². The lowest BCUT2D eigenvalue weighted by Gasteiger charge is -2.43. The standard InChI is InChI=1S/C9H20N2/c1-9(2)7-8(10-3)5-6-11(9)4/h8,10H,5-7H2,1-4H3. The Kier molecular flexibility index (Phi) is 2.55. The normalized spacial score (nSPS) is 32.2. The second-order valence-electron chi connectivity index (χ2n) is 4.21. The van der Waals surface area contributed by atoms with Crippen molar-refractivity contribution in [3.8, 4) is 0 Å². The van der Waals surface area contributed by atoms with E-state index in [9.17, 15) is 0 Å². The van der Waals surface area contributed by atoms with E-state index in [2.05, 4.69) is 38.2 Å². The molecule has 0 aromatic rings. The Labute approximate surface area is 70.0 Å². The van der Waals surface area contributed by atoms with Gasteiger partial charge in [0.1, 0.15) is 0 Å². The lowest BCUT2D eigenvalue weighted by molar-refractivity contribution is 0.0877. The molecular weight excluding hydrogens is 136 g/mol. The smallest absolute Gasteiger partial charge is 0.0165 e. The molecule has 0 amide bonds. The number of rotatable bonds is 1. The molecule has 1 aliphatic rings. The van der Waals surface area contributed by atoms with Crippen LogP contribution in [0.4, 0.5) is 0 Å². The summed E-state index contributed by atoms with van der Waals surface area (Å²) in [7, 11) is 4.28. The Bertz CT molecular complexity index is 132. The molecule has 1 aliphatic heterocycles. The van der Waals surface area contributed by atoms with E-state index < -0.39 is 0 Å². The number of hydrogen-bond acceptors (Lipinski definition) is 2. The van der Waals surface area contributed by atoms with Gasteiger partial charge in [0.05, 0.1) is 0 Å². The van der Waals surface area contributed by atoms with Crippen LogP contribution in [0.2, 0.25) is 0 Å². The van der Waals surface area contributed by atoms with Gasteiger partial charge < -0.3 is 10.2 Å². The van der Waals surface area contributed by atoms with Crippen LogP contribution in [0.1, 0.15) is 26.7 Å². The highest BCUT2D eigenvalue weighted by molar-refractivity contribution is 4.89. The molecule has 0 aromatic heterocycles. The van der Waals surface area contributed by atoms with Crippen molar-refractivity contribution in [1.29, 1.82) is 0 Å². The van der Waals surface area contributed by atoms with E-state index in [0.29, 0.717) is 5.54 Å². The van der Waals surface area contributed by atoms with Crippen LogP contribution in [0.5, 0.6) is 0 Å². The van der Waals surface area contributed by atoms with Crippen LogP contribution in [0.3, 0.4) is 0 Å². The summed E-state index contributed by atoms with van der Waals surface area (Å²) in [5.41, 5.74) is 0.381. The third kappa shape index (κ3) is 1.94. The van der Waals surface area contributed by atoms with Gasteiger partial charge in [0.15, 0.2) is 0 Å². The van der Waals surface area contributed by atoms with Gasteiger partial charge in [0.2, 0.25) is 0 Å². The van der Waals surface area contributed by atoms with Crippen molar-refractivity contribution in [3.63, 3.8) is 0 Å². The quantitative estimate of drug-likeness (QED) is 0.611. The Hall–Kier alpha value is -0.0800. The molecule has 2 heteroatoms. The van der Waals surface area contributed by atoms with Gasteiger partial charge in [0.25, 0.3) is 0 Å². The summed E-state index contributed by atoms with van der Waals surface area (Å²) < 4.78 is 0. The summed E-state index contributed by atoms with van der Waals surface area (Å²) in [6.45, 7) is 5.85. The zero-order chi connectivity index (χ0) is 8.48. The second-order valence-corrected chi connectivity index (χ2v) is 4.21. The first-order valence-electron chi connectivity index (χ1n) is 4.45. The lowest BCUT2D eigenvalue weighted by atomic mass is 9.88. The molecule has 1 heterocycles. The summed E-state index contributed by atoms with van der Waals surface area (Å²) >= 11 is 0. The first kappa shape index (κ1) is 9.01. The first-order valence-corrected chi connectivity index (χ1v) is 4.45. The van der Waals surface area contributed by atoms with Crippen molar-refractivity contribution in [1.82, 2.24) is 10.2 Å². The van der Waals surface area contributed by atoms with Gasteiger partial charge in [-0.1, -0.05) is 0 Å². The molecule has 0 aromatic carbocycles. The Balaban J connectivity index is 2.52. The highest BCUT2D eigenvalue weighted by Crippen LogP contribution is 2.25. The molecular formula is C9H20N2. The minimum absolute atomic E-state index is 0.381. The second kappa shape index (κ2) is 3.11. The average Bonchev–Trinajstić information content (AvgIpc) is 1.95. The molecule has 1 N–H and O–H groups in total. The van der Waals surface area contributed by atoms with Crippen LogP contribution in [-0.2, 0) is 0 Å². The zero-order valence-corrected chi connectivity index (χ0v) is 8.15. The average molecular weight is 156 g/mol. The molecule has 1 fully saturated rings. The molecule has 1 rings (SSSR count). The van der Waals surface area contributed by atoms with E-state index in [-0.39, 0.29) is 0 Å². The van der Waals surface area contributed by atoms with Crippen LogP contribution in [-0.4, -0.2) is 37.1 Å². The number of nitrogens with zero attached hydrogens (tertiary/aromatic N) is 1. The maximum Gasteiger partial charge on any atom is 0.0165 e. The van der Waals surface area contributed by atoms with Crippen LogP contribution < -0.4 is 5.32 Å². The van der Waals surface area contributed by atoms with Crippen LogP contribution in [0, 0.1) is 0 Å². The van der Waals surface area contributed by atoms with Gasteiger partial charge in [-0.2, -0.15) is 0 Å². The fraction of sp³-hybridized carbons (Fsp3) is 1.00. The molecule has 1 unspecified atom stereocenters. The Morgan fingerprint density at radius 1 is 1.45 bits per heavy atom. The minimum Gasteiger partial charge on any atom is -0.317 e. The van der Waals surface area contributed by atoms with E-state index >= 15 is 0 Å². The van der Waals surface area contributed by atoms with E-state index in [1.165, 1.54) is 19.4 Å². The van der Waals surface area contributed by atoms with E-state index in [0.717, 1.165) is 6.04 Å². The van der Waals surface area contributed by atoms with Gasteiger partial charge in [-0.15, -0.1) is 0 Å². The maximum atomic E-state index is 3.35.